The van der Waals surface area contributed by atoms with Crippen LogP contribution in [0.15, 0.2) is 16.6 Å². The summed E-state index contributed by atoms with van der Waals surface area (Å²) in [4.78, 5) is 0. The molecule has 5 heteroatoms. The Balaban J connectivity index is 2.34. The third-order valence-corrected chi connectivity index (χ3v) is 3.82. The van der Waals surface area contributed by atoms with E-state index < -0.39 is 0 Å². The number of nitrogens with two attached hydrogens (primary N) is 1. The smallest absolute Gasteiger partial charge is 0.139 e. The van der Waals surface area contributed by atoms with Gasteiger partial charge in [-0.2, -0.15) is 0 Å². The predicted octanol–water partition coefficient (Wildman–Crippen LogP) is 4.65. The van der Waals surface area contributed by atoms with Crippen LogP contribution in [0.25, 0.3) is 0 Å². The van der Waals surface area contributed by atoms with E-state index in [1.54, 1.807) is 12.1 Å². The molecule has 0 bridgehead atoms. The first-order valence-corrected chi connectivity index (χ1v) is 7.17. The fourth-order valence-electron chi connectivity index (χ4n) is 1.40. The maximum Gasteiger partial charge on any atom is 0.139 e. The van der Waals surface area contributed by atoms with Gasteiger partial charge in [0.1, 0.15) is 5.75 Å². The fraction of sp³-hybridized carbons (Fsp3) is 0.500. The monoisotopic (exact) mass is 339 g/mol. The van der Waals surface area contributed by atoms with Gasteiger partial charge in [-0.3, -0.25) is 0 Å². The number of benzene rings is 1. The minimum absolute atomic E-state index is 0.572. The third-order valence-electron chi connectivity index (χ3n) is 2.33. The Morgan fingerprint density at radius 1 is 1.06 bits per heavy atom. The number of unbranched alkanes of at least 4 members (excludes halogenated alkanes) is 3. The van der Waals surface area contributed by atoms with Crippen molar-refractivity contribution in [2.24, 2.45) is 5.73 Å². The molecule has 0 saturated carbocycles. The van der Waals surface area contributed by atoms with Crippen LogP contribution in [0.3, 0.4) is 0 Å². The van der Waals surface area contributed by atoms with Crippen LogP contribution in [0, 0.1) is 0 Å². The zero-order valence-corrected chi connectivity index (χ0v) is 12.6. The van der Waals surface area contributed by atoms with Gasteiger partial charge in [-0.15, -0.1) is 0 Å². The van der Waals surface area contributed by atoms with Gasteiger partial charge in [0.2, 0.25) is 0 Å². The molecule has 17 heavy (non-hydrogen) atoms. The van der Waals surface area contributed by atoms with E-state index in [0.29, 0.717) is 22.4 Å². The lowest BCUT2D eigenvalue weighted by atomic mass is 10.2. The standard InChI is InChI=1S/C12H16BrCl2NO/c13-9-7-11(15)12(8-10(9)14)17-6-4-2-1-3-5-16/h7-8H,1-6,16H2. The van der Waals surface area contributed by atoms with Crippen molar-refractivity contribution in [3.05, 3.63) is 26.7 Å². The first-order valence-electron chi connectivity index (χ1n) is 5.62. The summed E-state index contributed by atoms with van der Waals surface area (Å²) in [6.45, 7) is 1.41. The van der Waals surface area contributed by atoms with Crippen molar-refractivity contribution in [1.29, 1.82) is 0 Å². The van der Waals surface area contributed by atoms with Crippen molar-refractivity contribution in [3.8, 4) is 5.75 Å². The van der Waals surface area contributed by atoms with E-state index in [0.717, 1.165) is 36.7 Å². The molecule has 0 fully saturated rings. The minimum atomic E-state index is 0.572. The Hall–Kier alpha value is 0.0400. The second-order valence-electron chi connectivity index (χ2n) is 3.75. The molecule has 0 heterocycles. The molecule has 1 rings (SSSR count). The predicted molar refractivity (Wildman–Crippen MR) is 77.2 cm³/mol. The van der Waals surface area contributed by atoms with Gasteiger partial charge in [0.25, 0.3) is 0 Å². The van der Waals surface area contributed by atoms with Crippen molar-refractivity contribution in [1.82, 2.24) is 0 Å². The average molecular weight is 341 g/mol. The third kappa shape index (κ3) is 5.47. The molecular formula is C12H16BrCl2NO. The quantitative estimate of drug-likeness (QED) is 0.579. The van der Waals surface area contributed by atoms with Crippen LogP contribution >= 0.6 is 39.1 Å². The van der Waals surface area contributed by atoms with E-state index in [1.807, 2.05) is 0 Å². The van der Waals surface area contributed by atoms with Crippen molar-refractivity contribution >= 4 is 39.1 Å². The summed E-state index contributed by atoms with van der Waals surface area (Å²) in [5.41, 5.74) is 5.42. The summed E-state index contributed by atoms with van der Waals surface area (Å²) in [6, 6.07) is 3.47. The first kappa shape index (κ1) is 15.1. The van der Waals surface area contributed by atoms with Crippen molar-refractivity contribution < 1.29 is 4.74 Å². The Bertz CT molecular complexity index is 361. The Morgan fingerprint density at radius 3 is 2.47 bits per heavy atom. The minimum Gasteiger partial charge on any atom is -0.492 e. The highest BCUT2D eigenvalue weighted by Crippen LogP contribution is 2.34. The lowest BCUT2D eigenvalue weighted by molar-refractivity contribution is 0.305. The molecule has 0 radical (unpaired) electrons. The molecule has 0 aliphatic heterocycles. The normalized spacial score (nSPS) is 10.6. The summed E-state index contributed by atoms with van der Waals surface area (Å²) in [5.74, 6) is 0.638. The van der Waals surface area contributed by atoms with Crippen LogP contribution in [0.1, 0.15) is 25.7 Å². The molecule has 0 aliphatic carbocycles. The van der Waals surface area contributed by atoms with Crippen LogP contribution in [-0.2, 0) is 0 Å². The van der Waals surface area contributed by atoms with E-state index in [2.05, 4.69) is 15.9 Å². The Kier molecular flexibility index (Phi) is 7.28. The number of rotatable bonds is 7. The van der Waals surface area contributed by atoms with Crippen LogP contribution in [0.5, 0.6) is 5.75 Å². The molecule has 0 saturated heterocycles. The topological polar surface area (TPSA) is 35.2 Å². The molecule has 0 amide bonds. The van der Waals surface area contributed by atoms with E-state index in [9.17, 15) is 0 Å². The lowest BCUT2D eigenvalue weighted by Gasteiger charge is -2.09. The summed E-state index contributed by atoms with van der Waals surface area (Å²) in [7, 11) is 0. The van der Waals surface area contributed by atoms with E-state index in [1.165, 1.54) is 0 Å². The van der Waals surface area contributed by atoms with Crippen molar-refractivity contribution in [2.75, 3.05) is 13.2 Å². The number of ether oxygens (including phenoxy) is 1. The zero-order chi connectivity index (χ0) is 12.7. The highest BCUT2D eigenvalue weighted by atomic mass is 79.9. The van der Waals surface area contributed by atoms with Gasteiger partial charge in [-0.25, -0.2) is 0 Å². The van der Waals surface area contributed by atoms with Gasteiger partial charge < -0.3 is 10.5 Å². The number of halogens is 3. The van der Waals surface area contributed by atoms with Crippen LogP contribution in [0.2, 0.25) is 10.0 Å². The molecule has 0 atom stereocenters. The van der Waals surface area contributed by atoms with Crippen LogP contribution in [0.4, 0.5) is 0 Å². The molecule has 96 valence electrons. The molecule has 2 N–H and O–H groups in total. The van der Waals surface area contributed by atoms with Gasteiger partial charge in [0, 0.05) is 10.5 Å². The van der Waals surface area contributed by atoms with Crippen LogP contribution in [-0.4, -0.2) is 13.2 Å². The average Bonchev–Trinajstić information content (AvgIpc) is 2.30. The summed E-state index contributed by atoms with van der Waals surface area (Å²) < 4.78 is 6.36. The largest absolute Gasteiger partial charge is 0.492 e. The second-order valence-corrected chi connectivity index (χ2v) is 5.42. The highest BCUT2D eigenvalue weighted by molar-refractivity contribution is 9.10. The molecule has 0 spiro atoms. The van der Waals surface area contributed by atoms with E-state index >= 15 is 0 Å². The Morgan fingerprint density at radius 2 is 1.76 bits per heavy atom. The summed E-state index contributed by atoms with van der Waals surface area (Å²) in [5, 5.41) is 1.18. The highest BCUT2D eigenvalue weighted by Gasteiger charge is 2.06. The molecule has 2 nitrogen and oxygen atoms in total. The molecular weight excluding hydrogens is 325 g/mol. The number of hydrogen-bond donors (Lipinski definition) is 1. The van der Waals surface area contributed by atoms with Gasteiger partial charge in [0.15, 0.2) is 0 Å². The van der Waals surface area contributed by atoms with Crippen LogP contribution < -0.4 is 10.5 Å². The number of hydrogen-bond acceptors (Lipinski definition) is 2. The van der Waals surface area contributed by atoms with Crippen molar-refractivity contribution in [3.63, 3.8) is 0 Å². The molecule has 1 aromatic carbocycles. The Labute approximate surface area is 121 Å². The molecule has 0 aliphatic rings. The van der Waals surface area contributed by atoms with E-state index in [-0.39, 0.29) is 0 Å². The van der Waals surface area contributed by atoms with Gasteiger partial charge >= 0.3 is 0 Å². The molecule has 1 aromatic rings. The van der Waals surface area contributed by atoms with Crippen molar-refractivity contribution in [2.45, 2.75) is 25.7 Å². The summed E-state index contributed by atoms with van der Waals surface area (Å²) >= 11 is 15.3. The lowest BCUT2D eigenvalue weighted by Crippen LogP contribution is -2.00. The van der Waals surface area contributed by atoms with Gasteiger partial charge in [-0.1, -0.05) is 36.0 Å². The van der Waals surface area contributed by atoms with Gasteiger partial charge in [-0.05, 0) is 41.4 Å². The molecule has 0 unspecified atom stereocenters. The molecule has 0 aromatic heterocycles. The van der Waals surface area contributed by atoms with E-state index in [4.69, 9.17) is 33.7 Å². The summed E-state index contributed by atoms with van der Waals surface area (Å²) in [6.07, 6.45) is 4.35. The SMILES string of the molecule is NCCCCCCOc1cc(Cl)c(Br)cc1Cl. The second kappa shape index (κ2) is 8.20. The fourth-order valence-corrected chi connectivity index (χ4v) is 2.24. The van der Waals surface area contributed by atoms with Gasteiger partial charge in [0.05, 0.1) is 16.7 Å². The first-order chi connectivity index (χ1) is 8.15. The maximum atomic E-state index is 6.03. The maximum absolute atomic E-state index is 6.03. The zero-order valence-electron chi connectivity index (χ0n) is 9.52.